The van der Waals surface area contributed by atoms with E-state index in [9.17, 15) is 8.42 Å². The Balaban J connectivity index is 2.01. The number of aliphatic hydroxyl groups is 1. The molecule has 0 radical (unpaired) electrons. The van der Waals surface area contributed by atoms with E-state index in [0.29, 0.717) is 0 Å². The maximum atomic E-state index is 11.8. The Bertz CT molecular complexity index is 693. The first-order valence-electron chi connectivity index (χ1n) is 5.29. The molecule has 0 fully saturated rings. The van der Waals surface area contributed by atoms with Crippen LogP contribution in [0, 0.1) is 11.8 Å². The van der Waals surface area contributed by atoms with Crippen molar-refractivity contribution in [3.05, 3.63) is 34.3 Å². The Kier molecular flexibility index (Phi) is 4.34. The molecule has 8 heteroatoms. The number of aliphatic hydroxyl groups excluding tert-OH is 1. The number of aromatic amines is 1. The van der Waals surface area contributed by atoms with Gasteiger partial charge >= 0.3 is 0 Å². The number of nitrogens with one attached hydrogen (secondary N) is 2. The molecule has 0 aliphatic carbocycles. The van der Waals surface area contributed by atoms with Crippen molar-refractivity contribution < 1.29 is 13.5 Å². The molecular formula is C11H11N3O3S2. The normalized spacial score (nSPS) is 11.0. The Labute approximate surface area is 114 Å². The van der Waals surface area contributed by atoms with Gasteiger partial charge in [-0.1, -0.05) is 11.8 Å². The topological polar surface area (TPSA) is 95.1 Å². The molecule has 100 valence electrons. The van der Waals surface area contributed by atoms with Gasteiger partial charge in [-0.2, -0.15) is 5.10 Å². The van der Waals surface area contributed by atoms with E-state index < -0.39 is 10.0 Å². The van der Waals surface area contributed by atoms with Gasteiger partial charge < -0.3 is 5.11 Å². The Hall–Kier alpha value is -1.66. The predicted octanol–water partition coefficient (Wildman–Crippen LogP) is 0.294. The average molecular weight is 297 g/mol. The number of hydrogen-bond donors (Lipinski definition) is 3. The number of hydrogen-bond acceptors (Lipinski definition) is 5. The molecule has 6 nitrogen and oxygen atoms in total. The third-order valence-corrected chi connectivity index (χ3v) is 4.54. The van der Waals surface area contributed by atoms with Gasteiger partial charge in [-0.15, -0.1) is 11.3 Å². The van der Waals surface area contributed by atoms with Crippen molar-refractivity contribution in [2.75, 3.05) is 6.61 Å². The molecule has 19 heavy (non-hydrogen) atoms. The van der Waals surface area contributed by atoms with Crippen molar-refractivity contribution in [1.82, 2.24) is 14.9 Å². The number of rotatable bonds is 4. The molecule has 2 aromatic heterocycles. The lowest BCUT2D eigenvalue weighted by molar-refractivity contribution is 0.350. The van der Waals surface area contributed by atoms with Crippen molar-refractivity contribution >= 4 is 21.4 Å². The lowest BCUT2D eigenvalue weighted by Gasteiger charge is -2.01. The number of thiophene rings is 1. The van der Waals surface area contributed by atoms with Gasteiger partial charge in [0.05, 0.1) is 11.1 Å². The van der Waals surface area contributed by atoms with E-state index in [4.69, 9.17) is 5.11 Å². The molecule has 2 heterocycles. The summed E-state index contributed by atoms with van der Waals surface area (Å²) in [5.41, 5.74) is 0. The quantitative estimate of drug-likeness (QED) is 0.707. The van der Waals surface area contributed by atoms with Crippen LogP contribution >= 0.6 is 11.3 Å². The predicted molar refractivity (Wildman–Crippen MR) is 70.9 cm³/mol. The molecule has 2 aromatic rings. The van der Waals surface area contributed by atoms with Crippen LogP contribution < -0.4 is 4.72 Å². The molecule has 3 N–H and O–H groups in total. The maximum Gasteiger partial charge on any atom is 0.244 e. The van der Waals surface area contributed by atoms with Gasteiger partial charge in [0, 0.05) is 17.6 Å². The first-order chi connectivity index (χ1) is 9.12. The van der Waals surface area contributed by atoms with Gasteiger partial charge in [-0.05, 0) is 12.1 Å². The first kappa shape index (κ1) is 13.8. The molecule has 0 atom stereocenters. The highest BCUT2D eigenvalue weighted by Crippen LogP contribution is 2.16. The summed E-state index contributed by atoms with van der Waals surface area (Å²) >= 11 is 1.38. The minimum absolute atomic E-state index is 0.101. The zero-order chi connectivity index (χ0) is 13.7. The van der Waals surface area contributed by atoms with Gasteiger partial charge in [0.25, 0.3) is 0 Å². The standard InChI is InChI=1S/C11H11N3O3S2/c15-5-1-2-9-3-4-10(18-9)6-14-19(16,17)11-7-12-13-8-11/h3-4,7-8,14-15H,5-6H2,(H,12,13). The van der Waals surface area contributed by atoms with Crippen LogP contribution in [0.3, 0.4) is 0 Å². The second kappa shape index (κ2) is 5.99. The van der Waals surface area contributed by atoms with Crippen molar-refractivity contribution in [3.8, 4) is 11.8 Å². The summed E-state index contributed by atoms with van der Waals surface area (Å²) in [7, 11) is -3.54. The highest BCUT2D eigenvalue weighted by Gasteiger charge is 2.14. The summed E-state index contributed by atoms with van der Waals surface area (Å²) in [6.45, 7) is -0.000658. The van der Waals surface area contributed by atoms with Crippen LogP contribution in [-0.4, -0.2) is 30.3 Å². The summed E-state index contributed by atoms with van der Waals surface area (Å²) in [4.78, 5) is 1.73. The third-order valence-electron chi connectivity index (χ3n) is 2.17. The van der Waals surface area contributed by atoms with Crippen LogP contribution in [0.1, 0.15) is 9.75 Å². The monoisotopic (exact) mass is 297 g/mol. The zero-order valence-electron chi connectivity index (χ0n) is 9.75. The van der Waals surface area contributed by atoms with Crippen molar-refractivity contribution in [2.24, 2.45) is 0 Å². The summed E-state index contributed by atoms with van der Waals surface area (Å²) in [5, 5.41) is 14.6. The van der Waals surface area contributed by atoms with Crippen LogP contribution in [0.2, 0.25) is 0 Å². The lowest BCUT2D eigenvalue weighted by Crippen LogP contribution is -2.22. The average Bonchev–Trinajstić information content (AvgIpc) is 3.05. The van der Waals surface area contributed by atoms with Gasteiger partial charge in [0.1, 0.15) is 11.5 Å². The van der Waals surface area contributed by atoms with Gasteiger partial charge in [-0.3, -0.25) is 5.10 Å². The van der Waals surface area contributed by atoms with Crippen molar-refractivity contribution in [3.63, 3.8) is 0 Å². The summed E-state index contributed by atoms with van der Waals surface area (Å²) in [5.74, 6) is 5.30. The summed E-state index contributed by atoms with van der Waals surface area (Å²) < 4.78 is 26.1. The minimum atomic E-state index is -3.54. The molecular weight excluding hydrogens is 286 g/mol. The Morgan fingerprint density at radius 2 is 2.32 bits per heavy atom. The summed E-state index contributed by atoms with van der Waals surface area (Å²) in [6.07, 6.45) is 2.56. The van der Waals surface area contributed by atoms with E-state index in [0.717, 1.165) is 9.75 Å². The SMILES string of the molecule is O=S(=O)(NCc1ccc(C#CCO)s1)c1cn[nH]c1. The van der Waals surface area contributed by atoms with Gasteiger partial charge in [0.2, 0.25) is 10.0 Å². The number of sulfonamides is 1. The zero-order valence-corrected chi connectivity index (χ0v) is 11.4. The number of H-pyrrole nitrogens is 1. The molecule has 2 rings (SSSR count). The van der Waals surface area contributed by atoms with E-state index in [-0.39, 0.29) is 18.0 Å². The van der Waals surface area contributed by atoms with Crippen LogP contribution in [0.15, 0.2) is 29.4 Å². The highest BCUT2D eigenvalue weighted by molar-refractivity contribution is 7.89. The van der Waals surface area contributed by atoms with Gasteiger partial charge in [0.15, 0.2) is 0 Å². The van der Waals surface area contributed by atoms with E-state index in [1.807, 2.05) is 0 Å². The van der Waals surface area contributed by atoms with Crippen LogP contribution in [0.5, 0.6) is 0 Å². The van der Waals surface area contributed by atoms with E-state index in [1.165, 1.54) is 23.7 Å². The van der Waals surface area contributed by atoms with E-state index in [2.05, 4.69) is 26.8 Å². The van der Waals surface area contributed by atoms with Crippen LogP contribution in [-0.2, 0) is 16.6 Å². The first-order valence-corrected chi connectivity index (χ1v) is 7.58. The largest absolute Gasteiger partial charge is 0.384 e. The molecule has 0 aromatic carbocycles. The third kappa shape index (κ3) is 3.65. The maximum absolute atomic E-state index is 11.8. The second-order valence-corrected chi connectivity index (χ2v) is 6.42. The molecule has 0 aliphatic heterocycles. The van der Waals surface area contributed by atoms with Crippen LogP contribution in [0.25, 0.3) is 0 Å². The molecule has 0 spiro atoms. The second-order valence-electron chi connectivity index (χ2n) is 3.48. The Morgan fingerprint density at radius 1 is 1.47 bits per heavy atom. The van der Waals surface area contributed by atoms with Crippen molar-refractivity contribution in [1.29, 1.82) is 0 Å². The molecule has 0 bridgehead atoms. The van der Waals surface area contributed by atoms with E-state index >= 15 is 0 Å². The molecule has 0 saturated carbocycles. The Morgan fingerprint density at radius 3 is 3.00 bits per heavy atom. The minimum Gasteiger partial charge on any atom is -0.384 e. The van der Waals surface area contributed by atoms with Crippen LogP contribution in [0.4, 0.5) is 0 Å². The highest BCUT2D eigenvalue weighted by atomic mass is 32.2. The smallest absolute Gasteiger partial charge is 0.244 e. The lowest BCUT2D eigenvalue weighted by atomic mass is 10.4. The fourth-order valence-corrected chi connectivity index (χ4v) is 3.13. The number of aromatic nitrogens is 2. The molecule has 0 aliphatic rings. The van der Waals surface area contributed by atoms with E-state index in [1.54, 1.807) is 12.1 Å². The number of nitrogens with zero attached hydrogens (tertiary/aromatic N) is 1. The molecule has 0 unspecified atom stereocenters. The molecule has 0 saturated heterocycles. The molecule has 0 amide bonds. The van der Waals surface area contributed by atoms with Gasteiger partial charge in [-0.25, -0.2) is 13.1 Å². The fourth-order valence-electron chi connectivity index (χ4n) is 1.30. The summed E-state index contributed by atoms with van der Waals surface area (Å²) in [6, 6.07) is 3.58. The van der Waals surface area contributed by atoms with Crippen molar-refractivity contribution in [2.45, 2.75) is 11.4 Å². The fraction of sp³-hybridized carbons (Fsp3) is 0.182.